The Hall–Kier alpha value is -1.44. The summed E-state index contributed by atoms with van der Waals surface area (Å²) in [6.45, 7) is 1.32. The lowest BCUT2D eigenvalue weighted by Crippen LogP contribution is -2.36. The molecule has 0 saturated carbocycles. The topological polar surface area (TPSA) is 152 Å². The third-order valence-corrected chi connectivity index (χ3v) is 4.82. The van der Waals surface area contributed by atoms with Gasteiger partial charge in [-0.2, -0.15) is 11.8 Å². The molecule has 3 atom stereocenters. The third kappa shape index (κ3) is 18.6. The van der Waals surface area contributed by atoms with Gasteiger partial charge in [-0.05, 0) is 32.1 Å². The summed E-state index contributed by atoms with van der Waals surface area (Å²) in [5, 5.41) is 27.7. The Kier molecular flexibility index (Phi) is 19.1. The summed E-state index contributed by atoms with van der Waals surface area (Å²) in [4.78, 5) is 37.0. The number of nitrogens with zero attached hydrogens (tertiary/aromatic N) is 1. The molecule has 0 aliphatic carbocycles. The predicted octanol–water partition coefficient (Wildman–Crippen LogP) is -0.552. The molecule has 0 aromatic heterocycles. The molecule has 3 N–H and O–H groups in total. The van der Waals surface area contributed by atoms with Crippen molar-refractivity contribution in [3.05, 3.63) is 0 Å². The first-order chi connectivity index (χ1) is 15.7. The van der Waals surface area contributed by atoms with Gasteiger partial charge < -0.3 is 34.3 Å². The van der Waals surface area contributed by atoms with E-state index in [0.29, 0.717) is 19.4 Å². The van der Waals surface area contributed by atoms with E-state index in [0.717, 1.165) is 0 Å². The smallest absolute Gasteiger partial charge is 0.320 e. The monoisotopic (exact) mass is 497 g/mol. The minimum absolute atomic E-state index is 0.0644. The van der Waals surface area contributed by atoms with Crippen LogP contribution in [-0.4, -0.2) is 122 Å². The Labute approximate surface area is 199 Å². The van der Waals surface area contributed by atoms with Crippen LogP contribution in [0.4, 0.5) is 0 Å². The van der Waals surface area contributed by atoms with Gasteiger partial charge in [-0.1, -0.05) is 6.92 Å². The van der Waals surface area contributed by atoms with Crippen LogP contribution in [0.3, 0.4) is 0 Å². The maximum atomic E-state index is 12.1. The van der Waals surface area contributed by atoms with E-state index in [4.69, 9.17) is 29.2 Å². The number of thioether (sulfide) groups is 1. The van der Waals surface area contributed by atoms with Crippen molar-refractivity contribution in [2.24, 2.45) is 5.92 Å². The molecule has 3 unspecified atom stereocenters. The first-order valence-corrected chi connectivity index (χ1v) is 12.3. The standard InChI is InChI=1S/C21H39NO10S/c1-16(5-4-7-23)9-19(26)30-12-17(25)11-29-13-18(14-31-21(28)15-33-3)32-20(27)10-22(2)6-8-24/h16-18,23-25H,4-15H2,1-3H3. The fourth-order valence-electron chi connectivity index (χ4n) is 2.61. The molecule has 0 aromatic carbocycles. The second-order valence-corrected chi connectivity index (χ2v) is 8.60. The number of esters is 3. The van der Waals surface area contributed by atoms with Crippen LogP contribution < -0.4 is 0 Å². The quantitative estimate of drug-likeness (QED) is 0.146. The molecule has 0 fully saturated rings. The highest BCUT2D eigenvalue weighted by molar-refractivity contribution is 7.99. The van der Waals surface area contributed by atoms with Crippen LogP contribution in [0.15, 0.2) is 0 Å². The number of carbonyl (C=O) groups excluding carboxylic acids is 3. The molecule has 0 spiro atoms. The zero-order valence-electron chi connectivity index (χ0n) is 19.8. The van der Waals surface area contributed by atoms with Crippen molar-refractivity contribution in [3.8, 4) is 0 Å². The van der Waals surface area contributed by atoms with Crippen molar-refractivity contribution in [2.45, 2.75) is 38.4 Å². The summed E-state index contributed by atoms with van der Waals surface area (Å²) in [6, 6.07) is 0. The van der Waals surface area contributed by atoms with Gasteiger partial charge >= 0.3 is 17.9 Å². The molecule has 0 radical (unpaired) electrons. The first kappa shape index (κ1) is 31.6. The molecule has 11 nitrogen and oxygen atoms in total. The molecule has 0 amide bonds. The second-order valence-electron chi connectivity index (χ2n) is 7.74. The maximum absolute atomic E-state index is 12.1. The predicted molar refractivity (Wildman–Crippen MR) is 122 cm³/mol. The number of rotatable bonds is 20. The van der Waals surface area contributed by atoms with E-state index in [2.05, 4.69) is 0 Å². The Morgan fingerprint density at radius 3 is 2.30 bits per heavy atom. The summed E-state index contributed by atoms with van der Waals surface area (Å²) in [5.74, 6) is -1.26. The SMILES string of the molecule is CSCC(=O)OCC(COCC(O)COC(=O)CC(C)CCCO)OC(=O)CN(C)CCO. The van der Waals surface area contributed by atoms with Crippen molar-refractivity contribution >= 4 is 29.7 Å². The number of hydrogen-bond acceptors (Lipinski definition) is 12. The van der Waals surface area contributed by atoms with Crippen molar-refractivity contribution in [1.82, 2.24) is 4.90 Å². The Bertz CT molecular complexity index is 551. The van der Waals surface area contributed by atoms with Gasteiger partial charge in [0.2, 0.25) is 0 Å². The van der Waals surface area contributed by atoms with Crippen LogP contribution >= 0.6 is 11.8 Å². The van der Waals surface area contributed by atoms with E-state index in [-0.39, 0.29) is 64.3 Å². The summed E-state index contributed by atoms with van der Waals surface area (Å²) in [6.07, 6.45) is 1.30. The lowest BCUT2D eigenvalue weighted by molar-refractivity contribution is -0.163. The molecule has 0 heterocycles. The number of carbonyl (C=O) groups is 3. The zero-order valence-corrected chi connectivity index (χ0v) is 20.6. The van der Waals surface area contributed by atoms with Crippen LogP contribution in [0.25, 0.3) is 0 Å². The van der Waals surface area contributed by atoms with Crippen LogP contribution in [0.1, 0.15) is 26.2 Å². The van der Waals surface area contributed by atoms with Gasteiger partial charge in [-0.15, -0.1) is 0 Å². The van der Waals surface area contributed by atoms with Crippen molar-refractivity contribution in [1.29, 1.82) is 0 Å². The van der Waals surface area contributed by atoms with Crippen LogP contribution in [0.2, 0.25) is 0 Å². The highest BCUT2D eigenvalue weighted by atomic mass is 32.2. The summed E-state index contributed by atoms with van der Waals surface area (Å²) >= 11 is 1.30. The van der Waals surface area contributed by atoms with Crippen LogP contribution in [-0.2, 0) is 33.3 Å². The fourth-order valence-corrected chi connectivity index (χ4v) is 2.93. The lowest BCUT2D eigenvalue weighted by atomic mass is 10.0. The average Bonchev–Trinajstić information content (AvgIpc) is 2.74. The molecule has 0 aliphatic heterocycles. The van der Waals surface area contributed by atoms with E-state index in [1.54, 1.807) is 18.2 Å². The third-order valence-electron chi connectivity index (χ3n) is 4.29. The number of likely N-dealkylation sites (N-methyl/N-ethyl adjacent to an activating group) is 1. The minimum Gasteiger partial charge on any atom is -0.463 e. The largest absolute Gasteiger partial charge is 0.463 e. The van der Waals surface area contributed by atoms with E-state index in [9.17, 15) is 19.5 Å². The van der Waals surface area contributed by atoms with Gasteiger partial charge in [0.15, 0.2) is 6.10 Å². The first-order valence-electron chi connectivity index (χ1n) is 10.9. The Morgan fingerprint density at radius 1 is 0.970 bits per heavy atom. The molecule has 0 aromatic rings. The number of aliphatic hydroxyl groups is 3. The van der Waals surface area contributed by atoms with Gasteiger partial charge in [0.1, 0.15) is 19.3 Å². The summed E-state index contributed by atoms with van der Waals surface area (Å²) in [7, 11) is 1.65. The zero-order chi connectivity index (χ0) is 25.1. The molecule has 0 saturated heterocycles. The fraction of sp³-hybridized carbons (Fsp3) is 0.857. The highest BCUT2D eigenvalue weighted by Gasteiger charge is 2.20. The van der Waals surface area contributed by atoms with Crippen molar-refractivity contribution in [3.63, 3.8) is 0 Å². The van der Waals surface area contributed by atoms with E-state index < -0.39 is 30.1 Å². The van der Waals surface area contributed by atoms with Crippen molar-refractivity contribution < 1.29 is 48.7 Å². The van der Waals surface area contributed by atoms with E-state index in [1.165, 1.54) is 11.8 Å². The molecule has 33 heavy (non-hydrogen) atoms. The van der Waals surface area contributed by atoms with E-state index in [1.807, 2.05) is 6.92 Å². The van der Waals surface area contributed by atoms with Crippen LogP contribution in [0, 0.1) is 5.92 Å². The van der Waals surface area contributed by atoms with Gasteiger partial charge in [-0.3, -0.25) is 19.3 Å². The van der Waals surface area contributed by atoms with Gasteiger partial charge in [-0.25, -0.2) is 0 Å². The van der Waals surface area contributed by atoms with Gasteiger partial charge in [0.25, 0.3) is 0 Å². The second kappa shape index (κ2) is 20.0. The van der Waals surface area contributed by atoms with Gasteiger partial charge in [0.05, 0.1) is 32.1 Å². The maximum Gasteiger partial charge on any atom is 0.320 e. The number of aliphatic hydroxyl groups excluding tert-OH is 3. The average molecular weight is 498 g/mol. The highest BCUT2D eigenvalue weighted by Crippen LogP contribution is 2.11. The number of hydrogen-bond donors (Lipinski definition) is 3. The molecule has 12 heteroatoms. The molecular formula is C21H39NO10S. The Balaban J connectivity index is 4.42. The van der Waals surface area contributed by atoms with Gasteiger partial charge in [0, 0.05) is 19.6 Å². The Morgan fingerprint density at radius 2 is 1.67 bits per heavy atom. The lowest BCUT2D eigenvalue weighted by Gasteiger charge is -2.21. The summed E-state index contributed by atoms with van der Waals surface area (Å²) in [5.41, 5.74) is 0. The number of ether oxygens (including phenoxy) is 4. The summed E-state index contributed by atoms with van der Waals surface area (Å²) < 4.78 is 20.8. The van der Waals surface area contributed by atoms with E-state index >= 15 is 0 Å². The molecule has 0 rings (SSSR count). The normalized spacial score (nSPS) is 13.9. The molecule has 0 bridgehead atoms. The molecular weight excluding hydrogens is 458 g/mol. The van der Waals surface area contributed by atoms with Crippen molar-refractivity contribution in [2.75, 3.05) is 71.8 Å². The minimum atomic E-state index is -1.08. The van der Waals surface area contributed by atoms with Crippen LogP contribution in [0.5, 0.6) is 0 Å². The molecule has 0 aliphatic rings. The molecule has 194 valence electrons.